The molecule has 8 heteroatoms. The SMILES string of the molecule is OC(CNOCC(F)(F)F)c1cc(F)ccc1F. The number of alkyl halides is 3. The van der Waals surface area contributed by atoms with Crippen molar-refractivity contribution >= 4 is 0 Å². The second-order valence-corrected chi connectivity index (χ2v) is 3.43. The molecule has 2 N–H and O–H groups in total. The minimum atomic E-state index is -4.51. The Balaban J connectivity index is 2.45. The molecule has 18 heavy (non-hydrogen) atoms. The van der Waals surface area contributed by atoms with Crippen molar-refractivity contribution in [3.63, 3.8) is 0 Å². The van der Waals surface area contributed by atoms with Crippen LogP contribution in [-0.4, -0.2) is 24.4 Å². The average molecular weight is 271 g/mol. The maximum atomic E-state index is 13.1. The van der Waals surface area contributed by atoms with Crippen molar-refractivity contribution in [1.82, 2.24) is 5.48 Å². The van der Waals surface area contributed by atoms with E-state index < -0.39 is 37.1 Å². The Labute approximate surface area is 99.1 Å². The summed E-state index contributed by atoms with van der Waals surface area (Å²) in [6.45, 7) is -2.05. The highest BCUT2D eigenvalue weighted by atomic mass is 19.4. The van der Waals surface area contributed by atoms with Crippen LogP contribution in [0.15, 0.2) is 18.2 Å². The molecule has 0 amide bonds. The summed E-state index contributed by atoms with van der Waals surface area (Å²) in [7, 11) is 0. The molecule has 0 aliphatic carbocycles. The summed E-state index contributed by atoms with van der Waals surface area (Å²) in [6, 6.07) is 2.43. The van der Waals surface area contributed by atoms with E-state index in [1.165, 1.54) is 0 Å². The molecule has 1 aromatic carbocycles. The number of halogens is 5. The summed E-state index contributed by atoms with van der Waals surface area (Å²) in [5.74, 6) is -1.62. The number of hydrogen-bond donors (Lipinski definition) is 2. The third-order valence-electron chi connectivity index (χ3n) is 1.93. The largest absolute Gasteiger partial charge is 0.413 e. The Morgan fingerprint density at radius 3 is 2.56 bits per heavy atom. The van der Waals surface area contributed by atoms with Gasteiger partial charge in [-0.05, 0) is 18.2 Å². The Kier molecular flexibility index (Phi) is 5.00. The van der Waals surface area contributed by atoms with E-state index in [4.69, 9.17) is 0 Å². The van der Waals surface area contributed by atoms with Crippen LogP contribution in [0.4, 0.5) is 22.0 Å². The molecule has 0 aliphatic heterocycles. The molecule has 0 saturated heterocycles. The zero-order valence-corrected chi connectivity index (χ0v) is 8.97. The number of aliphatic hydroxyl groups is 1. The lowest BCUT2D eigenvalue weighted by atomic mass is 10.1. The molecule has 0 spiro atoms. The van der Waals surface area contributed by atoms with Gasteiger partial charge in [0.25, 0.3) is 0 Å². The van der Waals surface area contributed by atoms with Crippen LogP contribution in [0.2, 0.25) is 0 Å². The Morgan fingerprint density at radius 1 is 1.28 bits per heavy atom. The van der Waals surface area contributed by atoms with Crippen molar-refractivity contribution in [3.05, 3.63) is 35.4 Å². The standard InChI is InChI=1S/C10H10F5NO2/c11-6-1-2-8(12)7(3-6)9(17)4-16-18-5-10(13,14)15/h1-3,9,16-17H,4-5H2. The first-order valence-corrected chi connectivity index (χ1v) is 4.84. The lowest BCUT2D eigenvalue weighted by molar-refractivity contribution is -0.191. The highest BCUT2D eigenvalue weighted by Gasteiger charge is 2.27. The first kappa shape index (κ1) is 14.8. The van der Waals surface area contributed by atoms with Gasteiger partial charge < -0.3 is 5.11 Å². The van der Waals surface area contributed by atoms with Crippen LogP contribution < -0.4 is 5.48 Å². The molecule has 3 nitrogen and oxygen atoms in total. The summed E-state index contributed by atoms with van der Waals surface area (Å²) in [5.41, 5.74) is 1.46. The summed E-state index contributed by atoms with van der Waals surface area (Å²) < 4.78 is 61.0. The maximum absolute atomic E-state index is 13.1. The van der Waals surface area contributed by atoms with Crippen molar-refractivity contribution in [2.75, 3.05) is 13.2 Å². The number of hydroxylamine groups is 1. The normalized spacial score (nSPS) is 13.7. The number of aliphatic hydroxyl groups excluding tert-OH is 1. The van der Waals surface area contributed by atoms with Gasteiger partial charge in [0.05, 0.1) is 12.6 Å². The molecule has 102 valence electrons. The fourth-order valence-electron chi connectivity index (χ4n) is 1.15. The van der Waals surface area contributed by atoms with Gasteiger partial charge >= 0.3 is 6.18 Å². The van der Waals surface area contributed by atoms with Gasteiger partial charge in [0.2, 0.25) is 0 Å². The van der Waals surface area contributed by atoms with Crippen molar-refractivity contribution in [1.29, 1.82) is 0 Å². The average Bonchev–Trinajstić information content (AvgIpc) is 2.26. The molecule has 0 aromatic heterocycles. The Morgan fingerprint density at radius 2 is 1.94 bits per heavy atom. The molecule has 1 rings (SSSR count). The van der Waals surface area contributed by atoms with E-state index in [0.29, 0.717) is 0 Å². The summed E-state index contributed by atoms with van der Waals surface area (Å²) in [6.07, 6.45) is -6.03. The molecule has 0 bridgehead atoms. The first-order chi connectivity index (χ1) is 8.29. The predicted molar refractivity (Wildman–Crippen MR) is 51.3 cm³/mol. The minimum absolute atomic E-state index is 0.363. The van der Waals surface area contributed by atoms with Gasteiger partial charge in [-0.15, -0.1) is 0 Å². The topological polar surface area (TPSA) is 41.5 Å². The highest BCUT2D eigenvalue weighted by molar-refractivity contribution is 5.21. The van der Waals surface area contributed by atoms with Gasteiger partial charge in [-0.25, -0.2) is 8.78 Å². The first-order valence-electron chi connectivity index (χ1n) is 4.84. The third kappa shape index (κ3) is 4.94. The molecule has 0 fully saturated rings. The number of benzene rings is 1. The summed E-state index contributed by atoms with van der Waals surface area (Å²) >= 11 is 0. The van der Waals surface area contributed by atoms with Gasteiger partial charge in [0.15, 0.2) is 6.61 Å². The Bertz CT molecular complexity index is 396. The van der Waals surface area contributed by atoms with Gasteiger partial charge in [0, 0.05) is 5.56 Å². The Hall–Kier alpha value is -1.25. The van der Waals surface area contributed by atoms with Crippen LogP contribution >= 0.6 is 0 Å². The smallest absolute Gasteiger partial charge is 0.387 e. The van der Waals surface area contributed by atoms with E-state index in [1.54, 1.807) is 0 Å². The third-order valence-corrected chi connectivity index (χ3v) is 1.93. The monoisotopic (exact) mass is 271 g/mol. The fraction of sp³-hybridized carbons (Fsp3) is 0.400. The van der Waals surface area contributed by atoms with E-state index in [1.807, 2.05) is 5.48 Å². The zero-order chi connectivity index (χ0) is 13.8. The van der Waals surface area contributed by atoms with Crippen molar-refractivity contribution in [3.8, 4) is 0 Å². The molecule has 0 radical (unpaired) electrons. The number of hydrogen-bond acceptors (Lipinski definition) is 3. The van der Waals surface area contributed by atoms with E-state index in [-0.39, 0.29) is 5.56 Å². The van der Waals surface area contributed by atoms with Crippen LogP contribution in [0.5, 0.6) is 0 Å². The summed E-state index contributed by atoms with van der Waals surface area (Å²) in [4.78, 5) is 4.01. The van der Waals surface area contributed by atoms with Gasteiger partial charge in [-0.3, -0.25) is 4.84 Å². The molecule has 0 aliphatic rings. The van der Waals surface area contributed by atoms with E-state index in [2.05, 4.69) is 4.84 Å². The molecular weight excluding hydrogens is 261 g/mol. The predicted octanol–water partition coefficient (Wildman–Crippen LogP) is 2.08. The van der Waals surface area contributed by atoms with Crippen LogP contribution in [0.1, 0.15) is 11.7 Å². The van der Waals surface area contributed by atoms with E-state index >= 15 is 0 Å². The zero-order valence-electron chi connectivity index (χ0n) is 8.97. The second-order valence-electron chi connectivity index (χ2n) is 3.43. The lowest BCUT2D eigenvalue weighted by Crippen LogP contribution is -2.28. The van der Waals surface area contributed by atoms with Crippen LogP contribution in [0, 0.1) is 11.6 Å². The second kappa shape index (κ2) is 6.07. The maximum Gasteiger partial charge on any atom is 0.413 e. The number of rotatable bonds is 5. The van der Waals surface area contributed by atoms with Crippen LogP contribution in [0.3, 0.4) is 0 Å². The fourth-order valence-corrected chi connectivity index (χ4v) is 1.15. The van der Waals surface area contributed by atoms with Gasteiger partial charge in [0.1, 0.15) is 11.6 Å². The summed E-state index contributed by atoms with van der Waals surface area (Å²) in [5, 5.41) is 9.42. The quantitative estimate of drug-likeness (QED) is 0.489. The van der Waals surface area contributed by atoms with Gasteiger partial charge in [-0.1, -0.05) is 0 Å². The molecule has 1 atom stereocenters. The van der Waals surface area contributed by atoms with Crippen LogP contribution in [0.25, 0.3) is 0 Å². The molecule has 1 aromatic rings. The number of nitrogens with one attached hydrogen (secondary N) is 1. The molecular formula is C10H10F5NO2. The van der Waals surface area contributed by atoms with Gasteiger partial charge in [-0.2, -0.15) is 18.7 Å². The highest BCUT2D eigenvalue weighted by Crippen LogP contribution is 2.18. The molecule has 0 heterocycles. The molecule has 1 unspecified atom stereocenters. The minimum Gasteiger partial charge on any atom is -0.387 e. The van der Waals surface area contributed by atoms with Crippen LogP contribution in [-0.2, 0) is 4.84 Å². The van der Waals surface area contributed by atoms with Crippen molar-refractivity contribution in [2.45, 2.75) is 12.3 Å². The molecule has 0 saturated carbocycles. The van der Waals surface area contributed by atoms with E-state index in [9.17, 15) is 27.1 Å². The lowest BCUT2D eigenvalue weighted by Gasteiger charge is -2.13. The van der Waals surface area contributed by atoms with E-state index in [0.717, 1.165) is 18.2 Å². The van der Waals surface area contributed by atoms with Crippen molar-refractivity contribution < 1.29 is 31.9 Å². The van der Waals surface area contributed by atoms with Crippen molar-refractivity contribution in [2.24, 2.45) is 0 Å².